The lowest BCUT2D eigenvalue weighted by molar-refractivity contribution is -0.108. The highest BCUT2D eigenvalue weighted by Gasteiger charge is 2.13. The molecule has 12 nitrogen and oxygen atoms in total. The fraction of sp³-hybridized carbons (Fsp3) is 0. The lowest BCUT2D eigenvalue weighted by Crippen LogP contribution is -2.20. The maximum absolute atomic E-state index is 13.1. The van der Waals surface area contributed by atoms with Gasteiger partial charge < -0.3 is 15.9 Å². The predicted molar refractivity (Wildman–Crippen MR) is 178 cm³/mol. The van der Waals surface area contributed by atoms with E-state index in [1.54, 1.807) is 91.0 Å². The van der Waals surface area contributed by atoms with Crippen LogP contribution in [0.4, 0.5) is 22.7 Å². The maximum atomic E-state index is 13.1. The normalized spacial score (nSPS) is 11.3. The average molecular weight is 637 g/mol. The number of hydrogen-bond donors (Lipinski definition) is 4. The Morgan fingerprint density at radius 1 is 0.562 bits per heavy atom. The highest BCUT2D eigenvalue weighted by Crippen LogP contribution is 2.38. The van der Waals surface area contributed by atoms with Crippen molar-refractivity contribution in [2.45, 2.75) is 0 Å². The second-order valence-electron chi connectivity index (χ2n) is 10.5. The second-order valence-corrected chi connectivity index (χ2v) is 10.5. The number of ketones is 1. The van der Waals surface area contributed by atoms with Crippen molar-refractivity contribution in [3.05, 3.63) is 131 Å². The molecule has 0 radical (unpaired) electrons. The van der Waals surface area contributed by atoms with Gasteiger partial charge in [-0.1, -0.05) is 24.3 Å². The Kier molecular flexibility index (Phi) is 8.45. The third-order valence-electron chi connectivity index (χ3n) is 7.47. The molecule has 0 bridgehead atoms. The molecular weight excluding hydrogens is 612 g/mol. The molecule has 0 unspecified atom stereocenters. The van der Waals surface area contributed by atoms with E-state index in [0.717, 1.165) is 0 Å². The Balaban J connectivity index is 1.16. The van der Waals surface area contributed by atoms with E-state index in [1.165, 1.54) is 18.2 Å². The number of nitrogens with one attached hydrogen (secondary N) is 1. The van der Waals surface area contributed by atoms with E-state index in [4.69, 9.17) is 5.73 Å². The molecule has 0 aliphatic carbocycles. The molecular formula is C36H24N6O6. The molecule has 6 aromatic rings. The van der Waals surface area contributed by atoms with Crippen molar-refractivity contribution in [3.63, 3.8) is 0 Å². The zero-order valence-corrected chi connectivity index (χ0v) is 24.9. The average Bonchev–Trinajstić information content (AvgIpc) is 3.10. The van der Waals surface area contributed by atoms with Crippen LogP contribution in [0.3, 0.4) is 0 Å². The van der Waals surface area contributed by atoms with E-state index in [2.05, 4.69) is 25.8 Å². The number of carbonyl (C=O) groups is 4. The molecule has 5 N–H and O–H groups in total. The zero-order chi connectivity index (χ0) is 33.8. The van der Waals surface area contributed by atoms with Gasteiger partial charge in [-0.3, -0.25) is 24.5 Å². The first-order valence-electron chi connectivity index (χ1n) is 14.4. The van der Waals surface area contributed by atoms with Gasteiger partial charge in [-0.25, -0.2) is 0 Å². The van der Waals surface area contributed by atoms with Crippen LogP contribution in [-0.4, -0.2) is 34.2 Å². The van der Waals surface area contributed by atoms with Crippen LogP contribution in [0.2, 0.25) is 0 Å². The molecule has 0 atom stereocenters. The number of hydrogen-bond acceptors (Lipinski definition) is 10. The molecule has 6 rings (SSSR count). The number of rotatable bonds is 9. The number of amides is 3. The minimum Gasteiger partial charge on any atom is -0.506 e. The summed E-state index contributed by atoms with van der Waals surface area (Å²) in [5, 5.41) is 42.1. The van der Waals surface area contributed by atoms with Crippen molar-refractivity contribution >= 4 is 68.3 Å². The van der Waals surface area contributed by atoms with Crippen LogP contribution in [0.25, 0.3) is 21.5 Å². The van der Waals surface area contributed by atoms with Crippen LogP contribution in [0.1, 0.15) is 36.6 Å². The number of imide groups is 1. The first kappa shape index (κ1) is 30.9. The molecule has 0 aliphatic rings. The first-order chi connectivity index (χ1) is 23.2. The third kappa shape index (κ3) is 6.34. The number of primary amides is 1. The first-order valence-corrected chi connectivity index (χ1v) is 14.4. The molecule has 12 heteroatoms. The fourth-order valence-electron chi connectivity index (χ4n) is 4.99. The van der Waals surface area contributed by atoms with Crippen molar-refractivity contribution < 1.29 is 29.4 Å². The highest BCUT2D eigenvalue weighted by molar-refractivity contribution is 6.09. The third-order valence-corrected chi connectivity index (χ3v) is 7.47. The largest absolute Gasteiger partial charge is 0.506 e. The minimum absolute atomic E-state index is 0.0850. The molecule has 234 valence electrons. The second kappa shape index (κ2) is 13.1. The molecule has 3 amide bonds. The van der Waals surface area contributed by atoms with Crippen LogP contribution in [0.5, 0.6) is 11.5 Å². The number of carbonyl (C=O) groups excluding carboxylic acids is 4. The molecule has 6 aromatic carbocycles. The smallest absolute Gasteiger partial charge is 0.257 e. The molecule has 0 fully saturated rings. The standard InChI is InChI=1S/C36H24N6O6/c37-35(47)24-5-13-28-22(17-24)7-15-30(44)32(28)41-39-26-9-1-20(2-10-26)34(46)21-3-11-27(12-4-21)40-42-33-29-14-6-25(36(48)38-19-43)18-23(29)8-16-31(33)45/h1-19,44-45H,(H2,37,47)(H,38,43,48). The van der Waals surface area contributed by atoms with Gasteiger partial charge >= 0.3 is 0 Å². The van der Waals surface area contributed by atoms with E-state index in [-0.39, 0.29) is 34.2 Å². The van der Waals surface area contributed by atoms with E-state index in [0.29, 0.717) is 56.0 Å². The van der Waals surface area contributed by atoms with Gasteiger partial charge in [-0.15, -0.1) is 10.2 Å². The van der Waals surface area contributed by atoms with Crippen LogP contribution < -0.4 is 11.1 Å². The van der Waals surface area contributed by atoms with Crippen LogP contribution >= 0.6 is 0 Å². The fourth-order valence-corrected chi connectivity index (χ4v) is 4.99. The summed E-state index contributed by atoms with van der Waals surface area (Å²) in [4.78, 5) is 47.3. The number of aromatic hydroxyl groups is 2. The Labute approximate surface area is 271 Å². The van der Waals surface area contributed by atoms with Crippen molar-refractivity contribution in [2.75, 3.05) is 0 Å². The van der Waals surface area contributed by atoms with E-state index in [1.807, 2.05) is 0 Å². The monoisotopic (exact) mass is 636 g/mol. The summed E-state index contributed by atoms with van der Waals surface area (Å²) in [5.41, 5.74) is 8.10. The van der Waals surface area contributed by atoms with E-state index >= 15 is 0 Å². The van der Waals surface area contributed by atoms with E-state index in [9.17, 15) is 29.4 Å². The summed E-state index contributed by atoms with van der Waals surface area (Å²) in [6, 6.07) is 28.6. The summed E-state index contributed by atoms with van der Waals surface area (Å²) in [6.07, 6.45) is 0.305. The molecule has 0 aliphatic heterocycles. The summed E-state index contributed by atoms with van der Waals surface area (Å²) < 4.78 is 0. The van der Waals surface area contributed by atoms with Gasteiger partial charge in [0.1, 0.15) is 22.9 Å². The SMILES string of the molecule is NC(=O)c1ccc2c(N=Nc3ccc(C(=O)c4ccc(N=Nc5c(O)ccc6cc(C(=O)NC=O)ccc56)cc4)cc3)c(O)ccc2c1. The highest BCUT2D eigenvalue weighted by atomic mass is 16.3. The Bertz CT molecular complexity index is 2320. The van der Waals surface area contributed by atoms with Crippen molar-refractivity contribution in [1.82, 2.24) is 5.32 Å². The summed E-state index contributed by atoms with van der Waals surface area (Å²) in [7, 11) is 0. The number of azo groups is 2. The lowest BCUT2D eigenvalue weighted by atomic mass is 10.0. The van der Waals surface area contributed by atoms with Crippen LogP contribution in [0.15, 0.2) is 130 Å². The Morgan fingerprint density at radius 2 is 1.00 bits per heavy atom. The minimum atomic E-state index is -0.565. The van der Waals surface area contributed by atoms with Crippen LogP contribution in [-0.2, 0) is 4.79 Å². The summed E-state index contributed by atoms with van der Waals surface area (Å²) in [5.74, 6) is -1.55. The number of fused-ring (bicyclic) bond motifs is 2. The molecule has 0 aromatic heterocycles. The topological polar surface area (TPSA) is 196 Å². The molecule has 0 heterocycles. The van der Waals surface area contributed by atoms with Gasteiger partial charge in [0.25, 0.3) is 5.91 Å². The summed E-state index contributed by atoms with van der Waals surface area (Å²) in [6.45, 7) is 0. The molecule has 0 spiro atoms. The molecule has 0 saturated carbocycles. The number of phenolic OH excluding ortho intramolecular Hbond substituents is 2. The van der Waals surface area contributed by atoms with Gasteiger partial charge in [0.15, 0.2) is 5.78 Å². The number of benzene rings is 6. The number of nitrogens with two attached hydrogens (primary N) is 1. The Hall–Kier alpha value is -7.08. The maximum Gasteiger partial charge on any atom is 0.257 e. The van der Waals surface area contributed by atoms with Gasteiger partial charge in [-0.2, -0.15) is 10.2 Å². The van der Waals surface area contributed by atoms with Gasteiger partial charge in [0, 0.05) is 33.0 Å². The summed E-state index contributed by atoms with van der Waals surface area (Å²) >= 11 is 0. The number of phenols is 2. The van der Waals surface area contributed by atoms with E-state index < -0.39 is 11.8 Å². The van der Waals surface area contributed by atoms with Crippen LogP contribution in [0, 0.1) is 0 Å². The molecule has 48 heavy (non-hydrogen) atoms. The Morgan fingerprint density at radius 3 is 1.46 bits per heavy atom. The van der Waals surface area contributed by atoms with Crippen molar-refractivity contribution in [2.24, 2.45) is 26.2 Å². The predicted octanol–water partition coefficient (Wildman–Crippen LogP) is 7.45. The number of nitrogens with zero attached hydrogens (tertiary/aromatic N) is 4. The van der Waals surface area contributed by atoms with Gasteiger partial charge in [0.05, 0.1) is 11.4 Å². The quantitative estimate of drug-likeness (QED) is 0.0722. The lowest BCUT2D eigenvalue weighted by Gasteiger charge is -2.06. The van der Waals surface area contributed by atoms with Gasteiger partial charge in [-0.05, 0) is 95.7 Å². The van der Waals surface area contributed by atoms with Gasteiger partial charge in [0.2, 0.25) is 12.3 Å². The molecule has 0 saturated heterocycles. The van der Waals surface area contributed by atoms with Crippen molar-refractivity contribution in [1.29, 1.82) is 0 Å². The zero-order valence-electron chi connectivity index (χ0n) is 24.9. The van der Waals surface area contributed by atoms with Crippen molar-refractivity contribution in [3.8, 4) is 11.5 Å².